The molecule has 0 aliphatic rings. The number of nitrogens with two attached hydrogens (primary N) is 2. The summed E-state index contributed by atoms with van der Waals surface area (Å²) in [5, 5.41) is 2.60. The molecule has 1 amide bonds. The second-order valence-corrected chi connectivity index (χ2v) is 7.14. The number of hydrogen-bond acceptors (Lipinski definition) is 5. The summed E-state index contributed by atoms with van der Waals surface area (Å²) in [6, 6.07) is 8.52. The fourth-order valence-electron chi connectivity index (χ4n) is 2.82. The molecule has 0 fully saturated rings. The van der Waals surface area contributed by atoms with Crippen LogP contribution in [-0.2, 0) is 20.9 Å². The summed E-state index contributed by atoms with van der Waals surface area (Å²) in [4.78, 5) is 28.5. The zero-order valence-electron chi connectivity index (χ0n) is 18.0. The molecule has 1 aromatic carbocycles. The highest BCUT2D eigenvalue weighted by atomic mass is 16.6. The maximum atomic E-state index is 12.4. The average molecular weight is 421 g/mol. The summed E-state index contributed by atoms with van der Waals surface area (Å²) in [6.45, 7) is 3.01. The van der Waals surface area contributed by atoms with Crippen LogP contribution in [-0.4, -0.2) is 37.2 Å². The Morgan fingerprint density at radius 2 is 1.70 bits per heavy atom. The highest BCUT2D eigenvalue weighted by Gasteiger charge is 2.22. The lowest BCUT2D eigenvalue weighted by Gasteiger charge is -2.17. The lowest BCUT2D eigenvalue weighted by atomic mass is 10.1. The Hall–Kier alpha value is -2.77. The number of carbonyl (C=O) groups is 2. The quantitative estimate of drug-likeness (QED) is 0.173. The highest BCUT2D eigenvalue weighted by molar-refractivity contribution is 5.81. The number of aliphatic imine (C=N–C) groups is 1. The number of nitrogens with zero attached hydrogens (tertiary/aromatic N) is 1. The minimum Gasteiger partial charge on any atom is -0.464 e. The molecule has 0 spiro atoms. The molecular weight excluding hydrogens is 384 g/mol. The smallest absolute Gasteiger partial charge is 0.408 e. The van der Waals surface area contributed by atoms with E-state index in [-0.39, 0.29) is 12.6 Å². The molecule has 0 unspecified atom stereocenters. The van der Waals surface area contributed by atoms with Crippen LogP contribution in [0.4, 0.5) is 4.79 Å². The molecule has 0 bridgehead atoms. The number of hydrogen-bond donors (Lipinski definition) is 3. The third-order valence-corrected chi connectivity index (χ3v) is 4.48. The van der Waals surface area contributed by atoms with E-state index in [1.165, 1.54) is 19.3 Å². The van der Waals surface area contributed by atoms with Crippen molar-refractivity contribution in [3.8, 4) is 0 Å². The number of ether oxygens (including phenoxy) is 2. The van der Waals surface area contributed by atoms with Crippen LogP contribution in [0, 0.1) is 0 Å². The van der Waals surface area contributed by atoms with Crippen LogP contribution in [0.15, 0.2) is 35.3 Å². The summed E-state index contributed by atoms with van der Waals surface area (Å²) < 4.78 is 10.6. The van der Waals surface area contributed by atoms with Gasteiger partial charge in [-0.05, 0) is 24.8 Å². The molecule has 0 saturated heterocycles. The van der Waals surface area contributed by atoms with Crippen LogP contribution < -0.4 is 16.8 Å². The van der Waals surface area contributed by atoms with Gasteiger partial charge in [0.05, 0.1) is 6.61 Å². The Balaban J connectivity index is 2.44. The maximum Gasteiger partial charge on any atom is 0.408 e. The molecule has 0 radical (unpaired) electrons. The van der Waals surface area contributed by atoms with E-state index in [9.17, 15) is 9.59 Å². The number of benzene rings is 1. The van der Waals surface area contributed by atoms with Gasteiger partial charge in [0.1, 0.15) is 12.6 Å². The normalized spacial score (nSPS) is 11.4. The first-order chi connectivity index (χ1) is 14.5. The Kier molecular flexibility index (Phi) is 13.5. The topological polar surface area (TPSA) is 129 Å². The number of carbonyl (C=O) groups excluding carboxylic acids is 2. The van der Waals surface area contributed by atoms with Crippen molar-refractivity contribution in [2.75, 3.05) is 13.2 Å². The van der Waals surface area contributed by atoms with E-state index in [2.05, 4.69) is 17.2 Å². The SMILES string of the molecule is CCCCCCCCOC(=O)[C@H](CCCN=C(N)N)NC(=O)OCc1ccccc1. The van der Waals surface area contributed by atoms with Gasteiger partial charge in [-0.2, -0.15) is 0 Å². The van der Waals surface area contributed by atoms with E-state index in [0.717, 1.165) is 24.8 Å². The summed E-state index contributed by atoms with van der Waals surface area (Å²) in [7, 11) is 0. The zero-order chi connectivity index (χ0) is 22.0. The van der Waals surface area contributed by atoms with Crippen molar-refractivity contribution in [1.29, 1.82) is 0 Å². The van der Waals surface area contributed by atoms with Crippen LogP contribution in [0.5, 0.6) is 0 Å². The predicted octanol–water partition coefficient (Wildman–Crippen LogP) is 3.24. The lowest BCUT2D eigenvalue weighted by molar-refractivity contribution is -0.146. The second-order valence-electron chi connectivity index (χ2n) is 7.14. The number of guanidine groups is 1. The molecule has 1 rings (SSSR count). The first-order valence-electron chi connectivity index (χ1n) is 10.7. The molecule has 5 N–H and O–H groups in total. The first-order valence-corrected chi connectivity index (χ1v) is 10.7. The largest absolute Gasteiger partial charge is 0.464 e. The van der Waals surface area contributed by atoms with Crippen LogP contribution in [0.25, 0.3) is 0 Å². The summed E-state index contributed by atoms with van der Waals surface area (Å²) in [5.74, 6) is -0.475. The summed E-state index contributed by atoms with van der Waals surface area (Å²) >= 11 is 0. The zero-order valence-corrected chi connectivity index (χ0v) is 18.0. The monoisotopic (exact) mass is 420 g/mol. The fourth-order valence-corrected chi connectivity index (χ4v) is 2.82. The van der Waals surface area contributed by atoms with Crippen LogP contribution in [0.2, 0.25) is 0 Å². The number of unbranched alkanes of at least 4 members (excludes halogenated alkanes) is 5. The van der Waals surface area contributed by atoms with Gasteiger partial charge in [-0.1, -0.05) is 69.4 Å². The first kappa shape index (κ1) is 25.3. The van der Waals surface area contributed by atoms with Crippen molar-refractivity contribution in [3.05, 3.63) is 35.9 Å². The molecular formula is C22H36N4O4. The van der Waals surface area contributed by atoms with Crippen molar-refractivity contribution >= 4 is 18.0 Å². The lowest BCUT2D eigenvalue weighted by Crippen LogP contribution is -2.42. The Labute approximate surface area is 179 Å². The molecule has 1 aromatic rings. The van der Waals surface area contributed by atoms with Gasteiger partial charge in [0.15, 0.2) is 5.96 Å². The van der Waals surface area contributed by atoms with Crippen LogP contribution >= 0.6 is 0 Å². The van der Waals surface area contributed by atoms with Gasteiger partial charge in [-0.3, -0.25) is 4.99 Å². The van der Waals surface area contributed by atoms with E-state index < -0.39 is 18.1 Å². The van der Waals surface area contributed by atoms with Gasteiger partial charge in [0.2, 0.25) is 0 Å². The number of rotatable bonds is 15. The number of amides is 1. The van der Waals surface area contributed by atoms with E-state index in [4.69, 9.17) is 20.9 Å². The molecule has 30 heavy (non-hydrogen) atoms. The van der Waals surface area contributed by atoms with Crippen molar-refractivity contribution in [1.82, 2.24) is 5.32 Å². The molecule has 0 saturated carbocycles. The third-order valence-electron chi connectivity index (χ3n) is 4.48. The van der Waals surface area contributed by atoms with E-state index in [1.807, 2.05) is 30.3 Å². The van der Waals surface area contributed by atoms with Crippen molar-refractivity contribution in [3.63, 3.8) is 0 Å². The molecule has 168 valence electrons. The van der Waals surface area contributed by atoms with E-state index in [1.54, 1.807) is 0 Å². The number of esters is 1. The minimum absolute atomic E-state index is 0.00701. The minimum atomic E-state index is -0.803. The number of nitrogens with one attached hydrogen (secondary N) is 1. The Bertz CT molecular complexity index is 633. The predicted molar refractivity (Wildman–Crippen MR) is 118 cm³/mol. The second kappa shape index (κ2) is 16.1. The highest BCUT2D eigenvalue weighted by Crippen LogP contribution is 2.07. The standard InChI is InChI=1S/C22H36N4O4/c1-2-3-4-5-6-10-16-29-20(27)19(14-11-15-25-21(23)24)26-22(28)30-17-18-12-8-7-9-13-18/h7-9,12-13,19H,2-6,10-11,14-17H2,1H3,(H,26,28)(H4,23,24,25)/t19-/m0/s1. The molecule has 8 heteroatoms. The Morgan fingerprint density at radius 3 is 2.40 bits per heavy atom. The Morgan fingerprint density at radius 1 is 1.00 bits per heavy atom. The van der Waals surface area contributed by atoms with E-state index in [0.29, 0.717) is 26.0 Å². The molecule has 0 aliphatic carbocycles. The summed E-state index contributed by atoms with van der Waals surface area (Å²) in [5.41, 5.74) is 11.5. The molecule has 0 aromatic heterocycles. The molecule has 0 aliphatic heterocycles. The molecule has 0 heterocycles. The fraction of sp³-hybridized carbons (Fsp3) is 0.591. The number of alkyl carbamates (subject to hydrolysis) is 1. The summed E-state index contributed by atoms with van der Waals surface area (Å²) in [6.07, 6.45) is 6.81. The van der Waals surface area contributed by atoms with E-state index >= 15 is 0 Å². The molecule has 8 nitrogen and oxygen atoms in total. The van der Waals surface area contributed by atoms with Gasteiger partial charge in [0.25, 0.3) is 0 Å². The van der Waals surface area contributed by atoms with Gasteiger partial charge < -0.3 is 26.3 Å². The van der Waals surface area contributed by atoms with Gasteiger partial charge in [-0.15, -0.1) is 0 Å². The van der Waals surface area contributed by atoms with Crippen molar-refractivity contribution in [2.24, 2.45) is 16.5 Å². The van der Waals surface area contributed by atoms with Gasteiger partial charge in [-0.25, -0.2) is 9.59 Å². The van der Waals surface area contributed by atoms with Crippen molar-refractivity contribution in [2.45, 2.75) is 70.9 Å². The van der Waals surface area contributed by atoms with Gasteiger partial charge >= 0.3 is 12.1 Å². The van der Waals surface area contributed by atoms with Crippen LogP contribution in [0.1, 0.15) is 63.9 Å². The molecule has 1 atom stereocenters. The third kappa shape index (κ3) is 12.6. The maximum absolute atomic E-state index is 12.4. The van der Waals surface area contributed by atoms with Gasteiger partial charge in [0, 0.05) is 6.54 Å². The van der Waals surface area contributed by atoms with Crippen LogP contribution in [0.3, 0.4) is 0 Å². The average Bonchev–Trinajstić information content (AvgIpc) is 2.74. The van der Waals surface area contributed by atoms with Crippen molar-refractivity contribution < 1.29 is 19.1 Å².